The average Bonchev–Trinajstić information content (AvgIpc) is 3.06. The number of fused-ring (bicyclic) bond motifs is 1. The SMILES string of the molecule is Cc1ccc(-n2nc3ccc(NC(=O)c4cccnc4)cc3n2)cc1. The van der Waals surface area contributed by atoms with Crippen LogP contribution < -0.4 is 5.32 Å². The van der Waals surface area contributed by atoms with Crippen molar-refractivity contribution in [3.8, 4) is 5.69 Å². The summed E-state index contributed by atoms with van der Waals surface area (Å²) in [6, 6.07) is 16.9. The molecule has 0 saturated carbocycles. The van der Waals surface area contributed by atoms with E-state index >= 15 is 0 Å². The van der Waals surface area contributed by atoms with Crippen molar-refractivity contribution in [2.24, 2.45) is 0 Å². The van der Waals surface area contributed by atoms with Gasteiger partial charge in [-0.2, -0.15) is 4.80 Å². The molecule has 4 rings (SSSR count). The summed E-state index contributed by atoms with van der Waals surface area (Å²) in [6.07, 6.45) is 3.16. The Kier molecular flexibility index (Phi) is 3.70. The first-order chi connectivity index (χ1) is 12.2. The van der Waals surface area contributed by atoms with Gasteiger partial charge in [-0.05, 0) is 49.4 Å². The molecule has 0 aliphatic rings. The largest absolute Gasteiger partial charge is 0.322 e. The lowest BCUT2D eigenvalue weighted by Crippen LogP contribution is -2.11. The number of carbonyl (C=O) groups excluding carboxylic acids is 1. The van der Waals surface area contributed by atoms with E-state index in [2.05, 4.69) is 20.5 Å². The van der Waals surface area contributed by atoms with Crippen LogP contribution in [0.25, 0.3) is 16.7 Å². The molecule has 4 aromatic rings. The normalized spacial score (nSPS) is 10.8. The number of hydrogen-bond acceptors (Lipinski definition) is 4. The standard InChI is InChI=1S/C19H15N5O/c1-13-4-7-16(8-5-13)24-22-17-9-6-15(11-18(17)23-24)21-19(25)14-3-2-10-20-12-14/h2-12H,1H3,(H,21,25). The Labute approximate surface area is 144 Å². The first kappa shape index (κ1) is 15.0. The molecule has 0 aliphatic carbocycles. The number of hydrogen-bond donors (Lipinski definition) is 1. The molecule has 0 radical (unpaired) electrons. The summed E-state index contributed by atoms with van der Waals surface area (Å²) in [7, 11) is 0. The highest BCUT2D eigenvalue weighted by Crippen LogP contribution is 2.18. The van der Waals surface area contributed by atoms with Gasteiger partial charge in [-0.3, -0.25) is 9.78 Å². The minimum Gasteiger partial charge on any atom is -0.322 e. The van der Waals surface area contributed by atoms with Gasteiger partial charge >= 0.3 is 0 Å². The quantitative estimate of drug-likeness (QED) is 0.625. The van der Waals surface area contributed by atoms with Crippen molar-refractivity contribution in [3.63, 3.8) is 0 Å². The van der Waals surface area contributed by atoms with Gasteiger partial charge < -0.3 is 5.32 Å². The van der Waals surface area contributed by atoms with E-state index in [-0.39, 0.29) is 5.91 Å². The van der Waals surface area contributed by atoms with Gasteiger partial charge in [0.15, 0.2) is 0 Å². The van der Waals surface area contributed by atoms with Crippen LogP contribution in [0.15, 0.2) is 67.0 Å². The van der Waals surface area contributed by atoms with Gasteiger partial charge in [-0.25, -0.2) is 0 Å². The second kappa shape index (κ2) is 6.16. The van der Waals surface area contributed by atoms with Gasteiger partial charge in [0.05, 0.1) is 11.3 Å². The number of aryl methyl sites for hydroxylation is 1. The van der Waals surface area contributed by atoms with E-state index in [0.717, 1.165) is 11.2 Å². The van der Waals surface area contributed by atoms with Crippen LogP contribution in [0.1, 0.15) is 15.9 Å². The Morgan fingerprint density at radius 3 is 2.56 bits per heavy atom. The monoisotopic (exact) mass is 329 g/mol. The molecular formula is C19H15N5O. The number of nitrogens with one attached hydrogen (secondary N) is 1. The molecule has 0 saturated heterocycles. The van der Waals surface area contributed by atoms with Crippen LogP contribution in [0.3, 0.4) is 0 Å². The minimum atomic E-state index is -0.210. The number of amides is 1. The fourth-order valence-corrected chi connectivity index (χ4v) is 2.49. The van der Waals surface area contributed by atoms with Crippen LogP contribution in [0.5, 0.6) is 0 Å². The average molecular weight is 329 g/mol. The molecule has 6 heteroatoms. The molecule has 2 heterocycles. The van der Waals surface area contributed by atoms with Crippen molar-refractivity contribution in [1.82, 2.24) is 20.0 Å². The molecule has 1 N–H and O–H groups in total. The lowest BCUT2D eigenvalue weighted by Gasteiger charge is -2.04. The third kappa shape index (κ3) is 3.10. The molecule has 0 bridgehead atoms. The molecule has 0 fully saturated rings. The fraction of sp³-hybridized carbons (Fsp3) is 0.0526. The maximum Gasteiger partial charge on any atom is 0.257 e. The van der Waals surface area contributed by atoms with Gasteiger partial charge in [0.25, 0.3) is 5.91 Å². The zero-order valence-corrected chi connectivity index (χ0v) is 13.5. The van der Waals surface area contributed by atoms with E-state index in [4.69, 9.17) is 0 Å². The van der Waals surface area contributed by atoms with Crippen LogP contribution in [-0.2, 0) is 0 Å². The van der Waals surface area contributed by atoms with Crippen LogP contribution in [-0.4, -0.2) is 25.9 Å². The van der Waals surface area contributed by atoms with E-state index in [0.29, 0.717) is 16.8 Å². The van der Waals surface area contributed by atoms with Crippen LogP contribution >= 0.6 is 0 Å². The van der Waals surface area contributed by atoms with Crippen molar-refractivity contribution in [1.29, 1.82) is 0 Å². The van der Waals surface area contributed by atoms with Crippen LogP contribution in [0.2, 0.25) is 0 Å². The zero-order chi connectivity index (χ0) is 17.2. The Morgan fingerprint density at radius 2 is 1.80 bits per heavy atom. The van der Waals surface area contributed by atoms with Crippen molar-refractivity contribution >= 4 is 22.6 Å². The number of benzene rings is 2. The summed E-state index contributed by atoms with van der Waals surface area (Å²) in [5.41, 5.74) is 4.72. The second-order valence-electron chi connectivity index (χ2n) is 5.72. The molecule has 122 valence electrons. The molecule has 0 atom stereocenters. The second-order valence-corrected chi connectivity index (χ2v) is 5.72. The summed E-state index contributed by atoms with van der Waals surface area (Å²) in [5, 5.41) is 11.8. The molecule has 2 aromatic carbocycles. The smallest absolute Gasteiger partial charge is 0.257 e. The topological polar surface area (TPSA) is 72.7 Å². The van der Waals surface area contributed by atoms with Gasteiger partial charge in [-0.1, -0.05) is 17.7 Å². The first-order valence-electron chi connectivity index (χ1n) is 7.84. The van der Waals surface area contributed by atoms with E-state index in [1.807, 2.05) is 43.3 Å². The number of nitrogens with zero attached hydrogens (tertiary/aromatic N) is 4. The predicted octanol–water partition coefficient (Wildman–Crippen LogP) is 3.38. The molecular weight excluding hydrogens is 314 g/mol. The molecule has 0 spiro atoms. The molecule has 0 aliphatic heterocycles. The molecule has 1 amide bonds. The van der Waals surface area contributed by atoms with Crippen molar-refractivity contribution in [2.75, 3.05) is 5.32 Å². The Balaban J connectivity index is 1.62. The predicted molar refractivity (Wildman–Crippen MR) is 95.8 cm³/mol. The lowest BCUT2D eigenvalue weighted by atomic mass is 10.2. The highest BCUT2D eigenvalue weighted by atomic mass is 16.1. The zero-order valence-electron chi connectivity index (χ0n) is 13.5. The van der Waals surface area contributed by atoms with Crippen LogP contribution in [0, 0.1) is 6.92 Å². The molecule has 2 aromatic heterocycles. The van der Waals surface area contributed by atoms with E-state index in [1.165, 1.54) is 11.8 Å². The summed E-state index contributed by atoms with van der Waals surface area (Å²) in [6.45, 7) is 2.04. The number of carbonyl (C=O) groups is 1. The summed E-state index contributed by atoms with van der Waals surface area (Å²) in [5.74, 6) is -0.210. The summed E-state index contributed by atoms with van der Waals surface area (Å²) in [4.78, 5) is 17.8. The van der Waals surface area contributed by atoms with Gasteiger partial charge in [0, 0.05) is 18.1 Å². The van der Waals surface area contributed by atoms with Crippen LogP contribution in [0.4, 0.5) is 5.69 Å². The molecule has 6 nitrogen and oxygen atoms in total. The third-order valence-electron chi connectivity index (χ3n) is 3.83. The Hall–Kier alpha value is -3.54. The van der Waals surface area contributed by atoms with Gasteiger partial charge in [-0.15, -0.1) is 10.2 Å². The summed E-state index contributed by atoms with van der Waals surface area (Å²) < 4.78 is 0. The maximum atomic E-state index is 12.2. The van der Waals surface area contributed by atoms with Crippen molar-refractivity contribution < 1.29 is 4.79 Å². The number of anilines is 1. The maximum absolute atomic E-state index is 12.2. The summed E-state index contributed by atoms with van der Waals surface area (Å²) >= 11 is 0. The lowest BCUT2D eigenvalue weighted by molar-refractivity contribution is 0.102. The number of aromatic nitrogens is 4. The Morgan fingerprint density at radius 1 is 1.00 bits per heavy atom. The molecule has 0 unspecified atom stereocenters. The number of pyridine rings is 1. The van der Waals surface area contributed by atoms with E-state index in [9.17, 15) is 4.79 Å². The number of rotatable bonds is 3. The first-order valence-corrected chi connectivity index (χ1v) is 7.84. The van der Waals surface area contributed by atoms with Gasteiger partial charge in [0.2, 0.25) is 0 Å². The minimum absolute atomic E-state index is 0.210. The highest BCUT2D eigenvalue weighted by molar-refractivity contribution is 6.04. The molecule has 25 heavy (non-hydrogen) atoms. The third-order valence-corrected chi connectivity index (χ3v) is 3.83. The Bertz CT molecular complexity index is 1040. The van der Waals surface area contributed by atoms with Crippen molar-refractivity contribution in [3.05, 3.63) is 78.1 Å². The van der Waals surface area contributed by atoms with E-state index in [1.54, 1.807) is 29.2 Å². The van der Waals surface area contributed by atoms with Crippen molar-refractivity contribution in [2.45, 2.75) is 6.92 Å². The van der Waals surface area contributed by atoms with E-state index < -0.39 is 0 Å². The van der Waals surface area contributed by atoms with Gasteiger partial charge in [0.1, 0.15) is 11.0 Å². The highest BCUT2D eigenvalue weighted by Gasteiger charge is 2.09. The fourth-order valence-electron chi connectivity index (χ4n) is 2.49.